The maximum atomic E-state index is 11.9. The van der Waals surface area contributed by atoms with Crippen LogP contribution in [0.15, 0.2) is 24.5 Å². The van der Waals surface area contributed by atoms with E-state index in [1.807, 2.05) is 11.6 Å². The lowest BCUT2D eigenvalue weighted by atomic mass is 10.1. The molecular formula is C12H16N6O. The highest BCUT2D eigenvalue weighted by atomic mass is 16.1. The maximum Gasteiger partial charge on any atom is 0.251 e. The molecule has 0 aliphatic heterocycles. The van der Waals surface area contributed by atoms with Crippen LogP contribution in [0.3, 0.4) is 0 Å². The van der Waals surface area contributed by atoms with Crippen LogP contribution in [-0.4, -0.2) is 27.2 Å². The lowest BCUT2D eigenvalue weighted by molar-refractivity contribution is 0.0954. The Kier molecular flexibility index (Phi) is 3.65. The van der Waals surface area contributed by atoms with E-state index in [-0.39, 0.29) is 5.91 Å². The minimum absolute atomic E-state index is 0.207. The number of benzene rings is 1. The molecule has 5 N–H and O–H groups in total. The van der Waals surface area contributed by atoms with E-state index in [1.54, 1.807) is 24.5 Å². The Bertz CT molecular complexity index is 571. The molecule has 0 atom stereocenters. The van der Waals surface area contributed by atoms with Crippen LogP contribution in [0.2, 0.25) is 0 Å². The number of rotatable bonds is 4. The molecule has 0 fully saturated rings. The Hall–Kier alpha value is -2.57. The number of aromatic nitrogens is 3. The van der Waals surface area contributed by atoms with Gasteiger partial charge in [-0.25, -0.2) is 0 Å². The molecule has 2 rings (SSSR count). The fourth-order valence-corrected chi connectivity index (χ4v) is 1.73. The first-order valence-electron chi connectivity index (χ1n) is 5.83. The molecule has 0 radical (unpaired) electrons. The molecule has 7 heteroatoms. The average molecular weight is 260 g/mol. The molecule has 0 unspecified atom stereocenters. The van der Waals surface area contributed by atoms with Crippen molar-refractivity contribution in [1.82, 2.24) is 20.1 Å². The highest BCUT2D eigenvalue weighted by molar-refractivity contribution is 5.96. The predicted octanol–water partition coefficient (Wildman–Crippen LogP) is -0.0480. The number of aryl methyl sites for hydroxylation is 1. The molecule has 1 aromatic carbocycles. The van der Waals surface area contributed by atoms with Crippen LogP contribution in [0.4, 0.5) is 11.4 Å². The van der Waals surface area contributed by atoms with E-state index < -0.39 is 0 Å². The largest absolute Gasteiger partial charge is 0.399 e. The Morgan fingerprint density at radius 2 is 2.00 bits per heavy atom. The van der Waals surface area contributed by atoms with Gasteiger partial charge in [0, 0.05) is 37.0 Å². The second-order valence-corrected chi connectivity index (χ2v) is 4.25. The number of hydrogen-bond donors (Lipinski definition) is 3. The number of carbonyl (C=O) groups is 1. The summed E-state index contributed by atoms with van der Waals surface area (Å²) >= 11 is 0. The molecule has 0 saturated carbocycles. The summed E-state index contributed by atoms with van der Waals surface area (Å²) in [6.45, 7) is 0.472. The zero-order valence-corrected chi connectivity index (χ0v) is 10.6. The highest BCUT2D eigenvalue weighted by Crippen LogP contribution is 2.13. The summed E-state index contributed by atoms with van der Waals surface area (Å²) in [5.74, 6) is 0.605. The van der Waals surface area contributed by atoms with Crippen molar-refractivity contribution in [3.8, 4) is 0 Å². The first-order valence-corrected chi connectivity index (χ1v) is 5.83. The third-order valence-corrected chi connectivity index (χ3v) is 2.68. The van der Waals surface area contributed by atoms with E-state index in [0.29, 0.717) is 29.9 Å². The number of nitrogens with two attached hydrogens (primary N) is 2. The summed E-state index contributed by atoms with van der Waals surface area (Å²) in [5.41, 5.74) is 12.7. The van der Waals surface area contributed by atoms with Gasteiger partial charge in [0.15, 0.2) is 0 Å². The lowest BCUT2D eigenvalue weighted by Crippen LogP contribution is -2.26. The summed E-state index contributed by atoms with van der Waals surface area (Å²) in [6, 6.07) is 4.79. The minimum atomic E-state index is -0.207. The minimum Gasteiger partial charge on any atom is -0.399 e. The molecule has 0 aliphatic rings. The molecule has 0 bridgehead atoms. The summed E-state index contributed by atoms with van der Waals surface area (Å²) in [7, 11) is 1.86. The predicted molar refractivity (Wildman–Crippen MR) is 72.3 cm³/mol. The third kappa shape index (κ3) is 3.21. The topological polar surface area (TPSA) is 112 Å². The number of nitrogens with one attached hydrogen (secondary N) is 1. The number of carbonyl (C=O) groups excluding carboxylic acids is 1. The molecule has 0 spiro atoms. The van der Waals surface area contributed by atoms with E-state index in [0.717, 1.165) is 5.82 Å². The monoisotopic (exact) mass is 260 g/mol. The Balaban J connectivity index is 1.92. The number of nitrogens with zero attached hydrogens (tertiary/aromatic N) is 3. The summed E-state index contributed by atoms with van der Waals surface area (Å²) in [5, 5.41) is 10.5. The second-order valence-electron chi connectivity index (χ2n) is 4.25. The summed E-state index contributed by atoms with van der Waals surface area (Å²) in [4.78, 5) is 11.9. The van der Waals surface area contributed by atoms with Gasteiger partial charge in [-0.3, -0.25) is 4.79 Å². The van der Waals surface area contributed by atoms with Crippen LogP contribution in [0, 0.1) is 0 Å². The van der Waals surface area contributed by atoms with Gasteiger partial charge >= 0.3 is 0 Å². The highest BCUT2D eigenvalue weighted by Gasteiger charge is 2.07. The molecular weight excluding hydrogens is 244 g/mol. The van der Waals surface area contributed by atoms with Crippen molar-refractivity contribution in [2.24, 2.45) is 7.05 Å². The molecule has 1 heterocycles. The van der Waals surface area contributed by atoms with Gasteiger partial charge in [0.1, 0.15) is 12.2 Å². The van der Waals surface area contributed by atoms with E-state index in [4.69, 9.17) is 11.5 Å². The quantitative estimate of drug-likeness (QED) is 0.667. The Morgan fingerprint density at radius 3 is 2.58 bits per heavy atom. The van der Waals surface area contributed by atoms with Crippen molar-refractivity contribution in [3.63, 3.8) is 0 Å². The molecule has 0 saturated heterocycles. The number of anilines is 2. The van der Waals surface area contributed by atoms with Gasteiger partial charge in [-0.05, 0) is 18.2 Å². The zero-order chi connectivity index (χ0) is 13.8. The van der Waals surface area contributed by atoms with Crippen molar-refractivity contribution >= 4 is 17.3 Å². The van der Waals surface area contributed by atoms with Gasteiger partial charge in [-0.15, -0.1) is 10.2 Å². The van der Waals surface area contributed by atoms with Crippen LogP contribution in [0.25, 0.3) is 0 Å². The van der Waals surface area contributed by atoms with Gasteiger partial charge in [0.2, 0.25) is 0 Å². The fraction of sp³-hybridized carbons (Fsp3) is 0.250. The first kappa shape index (κ1) is 12.9. The average Bonchev–Trinajstić information content (AvgIpc) is 2.74. The number of nitrogen functional groups attached to an aromatic ring is 2. The van der Waals surface area contributed by atoms with Crippen molar-refractivity contribution in [2.75, 3.05) is 18.0 Å². The SMILES string of the molecule is Cn1cnnc1CCNC(=O)c1cc(N)cc(N)c1. The molecule has 19 heavy (non-hydrogen) atoms. The normalized spacial score (nSPS) is 10.4. The maximum absolute atomic E-state index is 11.9. The first-order chi connectivity index (χ1) is 9.06. The molecule has 7 nitrogen and oxygen atoms in total. The zero-order valence-electron chi connectivity index (χ0n) is 10.6. The number of amides is 1. The van der Waals surface area contributed by atoms with Crippen molar-refractivity contribution in [1.29, 1.82) is 0 Å². The Morgan fingerprint density at radius 1 is 1.32 bits per heavy atom. The molecule has 1 aromatic heterocycles. The van der Waals surface area contributed by atoms with E-state index in [1.165, 1.54) is 0 Å². The molecule has 1 amide bonds. The molecule has 100 valence electrons. The van der Waals surface area contributed by atoms with Crippen LogP contribution in [0.5, 0.6) is 0 Å². The van der Waals surface area contributed by atoms with Gasteiger partial charge in [-0.2, -0.15) is 0 Å². The van der Waals surface area contributed by atoms with Gasteiger partial charge in [-0.1, -0.05) is 0 Å². The van der Waals surface area contributed by atoms with Crippen LogP contribution < -0.4 is 16.8 Å². The van der Waals surface area contributed by atoms with E-state index >= 15 is 0 Å². The van der Waals surface area contributed by atoms with E-state index in [2.05, 4.69) is 15.5 Å². The summed E-state index contributed by atoms with van der Waals surface area (Å²) < 4.78 is 1.81. The van der Waals surface area contributed by atoms with Crippen molar-refractivity contribution < 1.29 is 4.79 Å². The molecule has 2 aromatic rings. The fourth-order valence-electron chi connectivity index (χ4n) is 1.73. The van der Waals surface area contributed by atoms with Crippen LogP contribution in [-0.2, 0) is 13.5 Å². The lowest BCUT2D eigenvalue weighted by Gasteiger charge is -2.06. The smallest absolute Gasteiger partial charge is 0.251 e. The third-order valence-electron chi connectivity index (χ3n) is 2.68. The van der Waals surface area contributed by atoms with Crippen molar-refractivity contribution in [2.45, 2.75) is 6.42 Å². The van der Waals surface area contributed by atoms with Crippen LogP contribution in [0.1, 0.15) is 16.2 Å². The van der Waals surface area contributed by atoms with Gasteiger partial charge < -0.3 is 21.4 Å². The number of hydrogen-bond acceptors (Lipinski definition) is 5. The van der Waals surface area contributed by atoms with Crippen LogP contribution >= 0.6 is 0 Å². The molecule has 0 aliphatic carbocycles. The summed E-state index contributed by atoms with van der Waals surface area (Å²) in [6.07, 6.45) is 2.23. The standard InChI is InChI=1S/C12H16N6O/c1-18-7-16-17-11(18)2-3-15-12(19)8-4-9(13)6-10(14)5-8/h4-7H,2-3,13-14H2,1H3,(H,15,19). The van der Waals surface area contributed by atoms with Crippen molar-refractivity contribution in [3.05, 3.63) is 35.9 Å². The second kappa shape index (κ2) is 5.38. The van der Waals surface area contributed by atoms with Gasteiger partial charge in [0.25, 0.3) is 5.91 Å². The van der Waals surface area contributed by atoms with Gasteiger partial charge in [0.05, 0.1) is 0 Å². The Labute approximate surface area is 110 Å². The van der Waals surface area contributed by atoms with E-state index in [9.17, 15) is 4.79 Å².